The first-order valence-corrected chi connectivity index (χ1v) is 2.73. The molecular formula is C5H10N2O3. The number of hydrogen-bond donors (Lipinski definition) is 2. The van der Waals surface area contributed by atoms with Gasteiger partial charge in [-0.3, -0.25) is 10.1 Å². The Kier molecular flexibility index (Phi) is 4.23. The van der Waals surface area contributed by atoms with Gasteiger partial charge in [0, 0.05) is 0 Å². The Morgan fingerprint density at radius 2 is 2.10 bits per heavy atom. The summed E-state index contributed by atoms with van der Waals surface area (Å²) in [4.78, 5) is 20.9. The molecule has 0 saturated carbocycles. The quantitative estimate of drug-likeness (QED) is 0.529. The molecule has 5 heteroatoms. The van der Waals surface area contributed by atoms with Gasteiger partial charge >= 0.3 is 6.09 Å². The molecule has 0 fully saturated rings. The van der Waals surface area contributed by atoms with E-state index in [0.717, 1.165) is 0 Å². The largest absolute Gasteiger partial charge is 0.453 e. The molecule has 0 heterocycles. The Labute approximate surface area is 58.7 Å². The van der Waals surface area contributed by atoms with Crippen LogP contribution in [0.15, 0.2) is 0 Å². The molecule has 58 valence electrons. The van der Waals surface area contributed by atoms with Gasteiger partial charge in [0.2, 0.25) is 5.91 Å². The van der Waals surface area contributed by atoms with Crippen LogP contribution >= 0.6 is 0 Å². The second-order valence-corrected chi connectivity index (χ2v) is 1.57. The molecule has 0 saturated heterocycles. The lowest BCUT2D eigenvalue weighted by atomic mass is 10.6. The summed E-state index contributed by atoms with van der Waals surface area (Å²) in [5.41, 5.74) is 0. The number of amides is 2. The van der Waals surface area contributed by atoms with Crippen LogP contribution in [0, 0.1) is 0 Å². The van der Waals surface area contributed by atoms with Gasteiger partial charge in [-0.1, -0.05) is 0 Å². The average molecular weight is 146 g/mol. The molecule has 10 heavy (non-hydrogen) atoms. The van der Waals surface area contributed by atoms with E-state index in [1.165, 1.54) is 7.11 Å². The number of carbonyl (C=O) groups is 2. The molecule has 2 amide bonds. The summed E-state index contributed by atoms with van der Waals surface area (Å²) in [6.45, 7) is 0.106. The number of nitrogens with one attached hydrogen (secondary N) is 2. The van der Waals surface area contributed by atoms with Crippen molar-refractivity contribution >= 4 is 12.0 Å². The zero-order valence-corrected chi connectivity index (χ0v) is 5.93. The number of methoxy groups -OCH3 is 1. The highest BCUT2D eigenvalue weighted by Gasteiger charge is 2.03. The van der Waals surface area contributed by atoms with Crippen molar-refractivity contribution in [2.45, 2.75) is 0 Å². The van der Waals surface area contributed by atoms with Crippen LogP contribution in [0.3, 0.4) is 0 Å². The summed E-state index contributed by atoms with van der Waals surface area (Å²) in [6, 6.07) is 0. The van der Waals surface area contributed by atoms with E-state index in [1.54, 1.807) is 7.05 Å². The number of hydrogen-bond acceptors (Lipinski definition) is 4. The Morgan fingerprint density at radius 3 is 2.50 bits per heavy atom. The second kappa shape index (κ2) is 4.75. The third-order valence-electron chi connectivity index (χ3n) is 0.764. The standard InChI is InChI=1S/C5H10N2O3/c1-6-3-4(8)7-5(9)10-2/h6H,3H2,1-2H3,(H,7,8,9). The molecule has 0 aliphatic rings. The summed E-state index contributed by atoms with van der Waals surface area (Å²) < 4.78 is 4.17. The summed E-state index contributed by atoms with van der Waals surface area (Å²) >= 11 is 0. The Hall–Kier alpha value is -1.10. The predicted molar refractivity (Wildman–Crippen MR) is 34.5 cm³/mol. The molecule has 0 bridgehead atoms. The van der Waals surface area contributed by atoms with Gasteiger partial charge in [0.15, 0.2) is 0 Å². The van der Waals surface area contributed by atoms with Crippen molar-refractivity contribution in [3.63, 3.8) is 0 Å². The highest BCUT2D eigenvalue weighted by molar-refractivity contribution is 5.92. The van der Waals surface area contributed by atoms with Crippen LogP contribution in [0.4, 0.5) is 4.79 Å². The third kappa shape index (κ3) is 3.85. The zero-order chi connectivity index (χ0) is 7.98. The van der Waals surface area contributed by atoms with E-state index < -0.39 is 12.0 Å². The lowest BCUT2D eigenvalue weighted by molar-refractivity contribution is -0.119. The molecule has 0 radical (unpaired) electrons. The van der Waals surface area contributed by atoms with E-state index in [4.69, 9.17) is 0 Å². The highest BCUT2D eigenvalue weighted by atomic mass is 16.5. The van der Waals surface area contributed by atoms with E-state index in [0.29, 0.717) is 0 Å². The molecule has 0 aliphatic carbocycles. The van der Waals surface area contributed by atoms with Crippen molar-refractivity contribution < 1.29 is 14.3 Å². The van der Waals surface area contributed by atoms with Crippen LogP contribution < -0.4 is 10.6 Å². The Balaban J connectivity index is 3.47. The van der Waals surface area contributed by atoms with Gasteiger partial charge in [0.05, 0.1) is 13.7 Å². The number of imide groups is 1. The molecule has 0 rings (SSSR count). The molecule has 0 atom stereocenters. The van der Waals surface area contributed by atoms with Crippen molar-refractivity contribution in [1.82, 2.24) is 10.6 Å². The number of ether oxygens (including phenoxy) is 1. The van der Waals surface area contributed by atoms with Crippen LogP contribution in [0.25, 0.3) is 0 Å². The van der Waals surface area contributed by atoms with Gasteiger partial charge in [0.1, 0.15) is 0 Å². The lowest BCUT2D eigenvalue weighted by Crippen LogP contribution is -2.36. The Morgan fingerprint density at radius 1 is 1.50 bits per heavy atom. The molecule has 0 aromatic rings. The fourth-order valence-electron chi connectivity index (χ4n) is 0.370. The second-order valence-electron chi connectivity index (χ2n) is 1.57. The summed E-state index contributed by atoms with van der Waals surface area (Å²) in [5.74, 6) is -0.408. The number of rotatable bonds is 2. The molecular weight excluding hydrogens is 136 g/mol. The highest BCUT2D eigenvalue weighted by Crippen LogP contribution is 1.69. The van der Waals surface area contributed by atoms with Crippen LogP contribution in [-0.2, 0) is 9.53 Å². The van der Waals surface area contributed by atoms with Gasteiger partial charge in [-0.05, 0) is 7.05 Å². The first kappa shape index (κ1) is 8.90. The molecule has 0 aliphatic heterocycles. The van der Waals surface area contributed by atoms with Gasteiger partial charge in [0.25, 0.3) is 0 Å². The topological polar surface area (TPSA) is 67.4 Å². The molecule has 0 aromatic carbocycles. The monoisotopic (exact) mass is 146 g/mol. The van der Waals surface area contributed by atoms with E-state index in [1.807, 2.05) is 5.32 Å². The first-order chi connectivity index (χ1) is 4.70. The maximum absolute atomic E-state index is 10.5. The number of likely N-dealkylation sites (N-methyl/N-ethyl adjacent to an activating group) is 1. The number of alkyl carbamates (subject to hydrolysis) is 1. The van der Waals surface area contributed by atoms with E-state index in [-0.39, 0.29) is 6.54 Å². The van der Waals surface area contributed by atoms with Crippen LogP contribution in [0.1, 0.15) is 0 Å². The summed E-state index contributed by atoms with van der Waals surface area (Å²) in [7, 11) is 2.80. The summed E-state index contributed by atoms with van der Waals surface area (Å²) in [6.07, 6.45) is -0.736. The minimum absolute atomic E-state index is 0.106. The van der Waals surface area contributed by atoms with Gasteiger partial charge in [-0.2, -0.15) is 0 Å². The van der Waals surface area contributed by atoms with Gasteiger partial charge < -0.3 is 10.1 Å². The predicted octanol–water partition coefficient (Wildman–Crippen LogP) is -0.912. The third-order valence-corrected chi connectivity index (χ3v) is 0.764. The van der Waals surface area contributed by atoms with Crippen molar-refractivity contribution in [2.24, 2.45) is 0 Å². The van der Waals surface area contributed by atoms with Crippen LogP contribution in [0.5, 0.6) is 0 Å². The van der Waals surface area contributed by atoms with Crippen LogP contribution in [0.2, 0.25) is 0 Å². The fourth-order valence-corrected chi connectivity index (χ4v) is 0.370. The van der Waals surface area contributed by atoms with Crippen molar-refractivity contribution in [3.05, 3.63) is 0 Å². The Bertz CT molecular complexity index is 135. The van der Waals surface area contributed by atoms with Crippen molar-refractivity contribution in [2.75, 3.05) is 20.7 Å². The lowest BCUT2D eigenvalue weighted by Gasteiger charge is -1.99. The minimum Gasteiger partial charge on any atom is -0.453 e. The van der Waals surface area contributed by atoms with E-state index >= 15 is 0 Å². The van der Waals surface area contributed by atoms with E-state index in [9.17, 15) is 9.59 Å². The van der Waals surface area contributed by atoms with Gasteiger partial charge in [-0.15, -0.1) is 0 Å². The molecule has 5 nitrogen and oxygen atoms in total. The van der Waals surface area contributed by atoms with Crippen molar-refractivity contribution in [3.8, 4) is 0 Å². The van der Waals surface area contributed by atoms with Crippen molar-refractivity contribution in [1.29, 1.82) is 0 Å². The average Bonchev–Trinajstić information content (AvgIpc) is 1.88. The molecule has 2 N–H and O–H groups in total. The molecule has 0 aromatic heterocycles. The maximum Gasteiger partial charge on any atom is 0.413 e. The number of carbonyl (C=O) groups excluding carboxylic acids is 2. The van der Waals surface area contributed by atoms with Gasteiger partial charge in [-0.25, -0.2) is 4.79 Å². The smallest absolute Gasteiger partial charge is 0.413 e. The zero-order valence-electron chi connectivity index (χ0n) is 5.93. The normalized spacial score (nSPS) is 8.60. The first-order valence-electron chi connectivity index (χ1n) is 2.73. The SMILES string of the molecule is CNCC(=O)NC(=O)OC. The van der Waals surface area contributed by atoms with Crippen LogP contribution in [-0.4, -0.2) is 32.7 Å². The maximum atomic E-state index is 10.5. The van der Waals surface area contributed by atoms with E-state index in [2.05, 4.69) is 10.1 Å². The fraction of sp³-hybridized carbons (Fsp3) is 0.600. The molecule has 0 spiro atoms. The minimum atomic E-state index is -0.736. The molecule has 0 unspecified atom stereocenters. The summed E-state index contributed by atoms with van der Waals surface area (Å²) in [5, 5.41) is 4.55.